The fourth-order valence-corrected chi connectivity index (χ4v) is 2.47. The van der Waals surface area contributed by atoms with E-state index < -0.39 is 0 Å². The predicted molar refractivity (Wildman–Crippen MR) is 80.9 cm³/mol. The van der Waals surface area contributed by atoms with Crippen LogP contribution in [0.25, 0.3) is 0 Å². The van der Waals surface area contributed by atoms with E-state index >= 15 is 0 Å². The van der Waals surface area contributed by atoms with Crippen molar-refractivity contribution in [2.24, 2.45) is 0 Å². The summed E-state index contributed by atoms with van der Waals surface area (Å²) in [5.41, 5.74) is 4.63. The minimum absolute atomic E-state index is 0.164. The van der Waals surface area contributed by atoms with Gasteiger partial charge in [-0.15, -0.1) is 0 Å². The van der Waals surface area contributed by atoms with E-state index in [1.165, 1.54) is 17.7 Å². The number of anilines is 1. The van der Waals surface area contributed by atoms with E-state index in [0.29, 0.717) is 5.56 Å². The van der Waals surface area contributed by atoms with Gasteiger partial charge in [-0.2, -0.15) is 5.06 Å². The summed E-state index contributed by atoms with van der Waals surface area (Å²) in [5.74, 6) is -0.164. The lowest BCUT2D eigenvalue weighted by atomic mass is 10.0. The lowest BCUT2D eigenvalue weighted by Crippen LogP contribution is -2.31. The zero-order valence-electron chi connectivity index (χ0n) is 12.3. The third kappa shape index (κ3) is 2.73. The molecule has 0 aliphatic rings. The maximum Gasteiger partial charge on any atom is 0.282 e. The molecular weight excluding hydrogens is 250 g/mol. The third-order valence-electron chi connectivity index (χ3n) is 3.23. The maximum atomic E-state index is 12.6. The number of benzene rings is 2. The van der Waals surface area contributed by atoms with Crippen LogP contribution >= 0.6 is 0 Å². The van der Waals surface area contributed by atoms with E-state index in [0.717, 1.165) is 16.8 Å². The Morgan fingerprint density at radius 1 is 1.00 bits per heavy atom. The topological polar surface area (TPSA) is 29.5 Å². The fraction of sp³-hybridized carbons (Fsp3) is 0.235. The number of hydrogen-bond donors (Lipinski definition) is 0. The van der Waals surface area contributed by atoms with Crippen LogP contribution in [-0.4, -0.2) is 13.0 Å². The number of carbonyl (C=O) groups excluding carboxylic acids is 1. The molecule has 3 heteroatoms. The Morgan fingerprint density at radius 3 is 2.05 bits per heavy atom. The molecule has 0 unspecified atom stereocenters. The van der Waals surface area contributed by atoms with Crippen LogP contribution in [0.4, 0.5) is 5.69 Å². The van der Waals surface area contributed by atoms with Gasteiger partial charge in [0.05, 0.1) is 12.8 Å². The summed E-state index contributed by atoms with van der Waals surface area (Å²) >= 11 is 0. The number of hydroxylamine groups is 1. The van der Waals surface area contributed by atoms with Crippen molar-refractivity contribution in [2.75, 3.05) is 12.2 Å². The van der Waals surface area contributed by atoms with E-state index in [9.17, 15) is 4.79 Å². The summed E-state index contributed by atoms with van der Waals surface area (Å²) in [7, 11) is 1.51. The Bertz CT molecular complexity index is 597. The van der Waals surface area contributed by atoms with Gasteiger partial charge in [-0.25, -0.2) is 0 Å². The molecule has 2 aromatic rings. The second kappa shape index (κ2) is 5.88. The molecule has 3 nitrogen and oxygen atoms in total. The van der Waals surface area contributed by atoms with Crippen molar-refractivity contribution in [1.29, 1.82) is 0 Å². The number of carbonyl (C=O) groups is 1. The molecule has 0 saturated heterocycles. The monoisotopic (exact) mass is 269 g/mol. The van der Waals surface area contributed by atoms with Gasteiger partial charge in [-0.1, -0.05) is 35.9 Å². The SMILES string of the molecule is CON(C(=O)c1ccccc1)c1c(C)cc(C)cc1C. The minimum Gasteiger partial charge on any atom is -0.269 e. The van der Waals surface area contributed by atoms with Crippen molar-refractivity contribution < 1.29 is 9.63 Å². The first-order chi connectivity index (χ1) is 9.54. The summed E-state index contributed by atoms with van der Waals surface area (Å²) in [6, 6.07) is 13.2. The van der Waals surface area contributed by atoms with Crippen molar-refractivity contribution >= 4 is 11.6 Å². The number of amides is 1. The highest BCUT2D eigenvalue weighted by Gasteiger charge is 2.21. The largest absolute Gasteiger partial charge is 0.282 e. The molecule has 0 bridgehead atoms. The molecule has 1 amide bonds. The Morgan fingerprint density at radius 2 is 1.55 bits per heavy atom. The van der Waals surface area contributed by atoms with E-state index in [4.69, 9.17) is 4.84 Å². The normalized spacial score (nSPS) is 10.4. The van der Waals surface area contributed by atoms with Crippen molar-refractivity contribution in [3.05, 3.63) is 64.7 Å². The molecule has 2 aromatic carbocycles. The lowest BCUT2D eigenvalue weighted by molar-refractivity contribution is 0.0772. The molecule has 0 fully saturated rings. The first kappa shape index (κ1) is 14.3. The Balaban J connectivity index is 2.46. The average Bonchev–Trinajstić information content (AvgIpc) is 2.43. The Kier molecular flexibility index (Phi) is 4.20. The standard InChI is InChI=1S/C17H19NO2/c1-12-10-13(2)16(14(3)11-12)18(20-4)17(19)15-8-6-5-7-9-15/h5-11H,1-4H3. The second-order valence-corrected chi connectivity index (χ2v) is 4.90. The quantitative estimate of drug-likeness (QED) is 0.793. The number of rotatable bonds is 3. The zero-order valence-corrected chi connectivity index (χ0v) is 12.3. The summed E-state index contributed by atoms with van der Waals surface area (Å²) < 4.78 is 0. The third-order valence-corrected chi connectivity index (χ3v) is 3.23. The van der Waals surface area contributed by atoms with Crippen LogP contribution in [0.3, 0.4) is 0 Å². The highest BCUT2D eigenvalue weighted by Crippen LogP contribution is 2.27. The minimum atomic E-state index is -0.164. The molecule has 2 rings (SSSR count). The number of aryl methyl sites for hydroxylation is 3. The molecule has 0 aliphatic heterocycles. The van der Waals surface area contributed by atoms with Gasteiger partial charge in [-0.05, 0) is 44.0 Å². The predicted octanol–water partition coefficient (Wildman–Crippen LogP) is 3.82. The first-order valence-corrected chi connectivity index (χ1v) is 6.56. The van der Waals surface area contributed by atoms with Gasteiger partial charge in [0.1, 0.15) is 0 Å². The molecular formula is C17H19NO2. The Labute approximate surface area is 119 Å². The second-order valence-electron chi connectivity index (χ2n) is 4.90. The van der Waals surface area contributed by atoms with E-state index in [1.807, 2.05) is 51.1 Å². The van der Waals surface area contributed by atoms with Crippen LogP contribution in [0.1, 0.15) is 27.0 Å². The lowest BCUT2D eigenvalue weighted by Gasteiger charge is -2.24. The molecule has 0 aliphatic carbocycles. The van der Waals surface area contributed by atoms with Gasteiger partial charge in [-0.3, -0.25) is 9.63 Å². The summed E-state index contributed by atoms with van der Waals surface area (Å²) in [4.78, 5) is 17.9. The molecule has 104 valence electrons. The first-order valence-electron chi connectivity index (χ1n) is 6.56. The van der Waals surface area contributed by atoms with Crippen LogP contribution in [0, 0.1) is 20.8 Å². The summed E-state index contributed by atoms with van der Waals surface area (Å²) in [5, 5.41) is 1.36. The van der Waals surface area contributed by atoms with E-state index in [2.05, 4.69) is 0 Å². The van der Waals surface area contributed by atoms with Gasteiger partial charge in [0.15, 0.2) is 0 Å². The highest BCUT2D eigenvalue weighted by atomic mass is 16.7. The van der Waals surface area contributed by atoms with Crippen LogP contribution < -0.4 is 5.06 Å². The fourth-order valence-electron chi connectivity index (χ4n) is 2.47. The molecule has 20 heavy (non-hydrogen) atoms. The summed E-state index contributed by atoms with van der Waals surface area (Å²) in [6.45, 7) is 6.01. The van der Waals surface area contributed by atoms with Gasteiger partial charge in [0.25, 0.3) is 5.91 Å². The summed E-state index contributed by atoms with van der Waals surface area (Å²) in [6.07, 6.45) is 0. The van der Waals surface area contributed by atoms with Crippen LogP contribution in [0.5, 0.6) is 0 Å². The molecule has 0 radical (unpaired) electrons. The number of hydrogen-bond acceptors (Lipinski definition) is 2. The smallest absolute Gasteiger partial charge is 0.269 e. The van der Waals surface area contributed by atoms with Crippen LogP contribution in [0.2, 0.25) is 0 Å². The molecule has 0 spiro atoms. The zero-order chi connectivity index (χ0) is 14.7. The van der Waals surface area contributed by atoms with Gasteiger partial charge in [0.2, 0.25) is 0 Å². The maximum absolute atomic E-state index is 12.6. The Hall–Kier alpha value is -2.13. The highest BCUT2D eigenvalue weighted by molar-refractivity contribution is 6.05. The molecule has 0 N–H and O–H groups in total. The van der Waals surface area contributed by atoms with Gasteiger partial charge in [0, 0.05) is 5.56 Å². The van der Waals surface area contributed by atoms with Crippen molar-refractivity contribution in [2.45, 2.75) is 20.8 Å². The van der Waals surface area contributed by atoms with Crippen LogP contribution in [0.15, 0.2) is 42.5 Å². The van der Waals surface area contributed by atoms with Gasteiger partial charge < -0.3 is 0 Å². The van der Waals surface area contributed by atoms with Crippen molar-refractivity contribution in [3.8, 4) is 0 Å². The molecule has 0 heterocycles. The van der Waals surface area contributed by atoms with E-state index in [1.54, 1.807) is 12.1 Å². The molecule has 0 aromatic heterocycles. The average molecular weight is 269 g/mol. The van der Waals surface area contributed by atoms with Gasteiger partial charge >= 0.3 is 0 Å². The van der Waals surface area contributed by atoms with Crippen LogP contribution in [-0.2, 0) is 4.84 Å². The van der Waals surface area contributed by atoms with Crippen molar-refractivity contribution in [1.82, 2.24) is 0 Å². The van der Waals surface area contributed by atoms with Crippen molar-refractivity contribution in [3.63, 3.8) is 0 Å². The van der Waals surface area contributed by atoms with E-state index in [-0.39, 0.29) is 5.91 Å². The molecule has 0 atom stereocenters. The number of nitrogens with zero attached hydrogens (tertiary/aromatic N) is 1. The molecule has 0 saturated carbocycles.